The standard InChI is InChI=1S/C4H9NO2.C4H8O2.C2H6/c1-4(6-2)5-7-3;1-3-6-4(2)5;1-2/h1-3H3;3H2,1-2H3;1-2H3/b5-4-;;. The molecule has 0 radical (unpaired) electrons. The summed E-state index contributed by atoms with van der Waals surface area (Å²) in [5, 5.41) is 3.44. The smallest absolute Gasteiger partial charge is 0.302 e. The number of rotatable bonds is 2. The second-order valence-electron chi connectivity index (χ2n) is 1.92. The zero-order valence-electron chi connectivity index (χ0n) is 10.8. The van der Waals surface area contributed by atoms with E-state index >= 15 is 0 Å². The largest absolute Gasteiger partial charge is 0.482 e. The van der Waals surface area contributed by atoms with E-state index < -0.39 is 0 Å². The number of carbonyl (C=O) groups excluding carboxylic acids is 1. The average molecular weight is 221 g/mol. The van der Waals surface area contributed by atoms with Crippen LogP contribution in [0, 0.1) is 0 Å². The van der Waals surface area contributed by atoms with Crippen molar-refractivity contribution in [1.82, 2.24) is 0 Å². The highest BCUT2D eigenvalue weighted by atomic mass is 16.6. The Morgan fingerprint density at radius 3 is 1.73 bits per heavy atom. The minimum Gasteiger partial charge on any atom is -0.482 e. The minimum atomic E-state index is -0.211. The van der Waals surface area contributed by atoms with Gasteiger partial charge in [-0.3, -0.25) is 4.79 Å². The van der Waals surface area contributed by atoms with Crippen molar-refractivity contribution in [2.75, 3.05) is 20.8 Å². The van der Waals surface area contributed by atoms with Crippen LogP contribution in [0.3, 0.4) is 0 Å². The summed E-state index contributed by atoms with van der Waals surface area (Å²) in [7, 11) is 3.01. The highest BCUT2D eigenvalue weighted by Crippen LogP contribution is 1.75. The Morgan fingerprint density at radius 2 is 1.67 bits per heavy atom. The van der Waals surface area contributed by atoms with Gasteiger partial charge in [0, 0.05) is 13.8 Å². The summed E-state index contributed by atoms with van der Waals surface area (Å²) in [4.78, 5) is 14.2. The molecule has 0 saturated heterocycles. The van der Waals surface area contributed by atoms with Gasteiger partial charge >= 0.3 is 5.97 Å². The number of hydrogen-bond donors (Lipinski definition) is 0. The molecule has 0 spiro atoms. The molecular weight excluding hydrogens is 198 g/mol. The van der Waals surface area contributed by atoms with Gasteiger partial charge in [0.05, 0.1) is 13.7 Å². The van der Waals surface area contributed by atoms with Gasteiger partial charge in [0.1, 0.15) is 7.11 Å². The molecule has 0 saturated carbocycles. The van der Waals surface area contributed by atoms with Crippen LogP contribution in [0.15, 0.2) is 5.16 Å². The zero-order chi connectivity index (χ0) is 12.7. The summed E-state index contributed by atoms with van der Waals surface area (Å²) in [6.07, 6.45) is 0. The number of ether oxygens (including phenoxy) is 2. The van der Waals surface area contributed by atoms with Gasteiger partial charge in [0.2, 0.25) is 5.90 Å². The minimum absolute atomic E-state index is 0.211. The summed E-state index contributed by atoms with van der Waals surface area (Å²) in [5.74, 6) is 0.319. The molecule has 0 unspecified atom stereocenters. The molecule has 0 aliphatic carbocycles. The monoisotopic (exact) mass is 221 g/mol. The second kappa shape index (κ2) is 18.5. The zero-order valence-corrected chi connectivity index (χ0v) is 10.8. The van der Waals surface area contributed by atoms with Crippen LogP contribution in [-0.2, 0) is 19.1 Å². The summed E-state index contributed by atoms with van der Waals surface area (Å²) >= 11 is 0. The molecule has 0 N–H and O–H groups in total. The molecule has 0 aromatic heterocycles. The third kappa shape index (κ3) is 32.3. The number of nitrogens with zero attached hydrogens (tertiary/aromatic N) is 1. The fraction of sp³-hybridized carbons (Fsp3) is 0.800. The van der Waals surface area contributed by atoms with E-state index in [0.717, 1.165) is 0 Å². The molecule has 0 aliphatic heterocycles. The Bertz CT molecular complexity index is 158. The first kappa shape index (κ1) is 19.3. The molecule has 0 fully saturated rings. The van der Waals surface area contributed by atoms with E-state index in [1.807, 2.05) is 13.8 Å². The molecule has 0 amide bonds. The molecule has 0 rings (SSSR count). The first-order valence-electron chi connectivity index (χ1n) is 4.83. The Balaban J connectivity index is -0.000000166. The van der Waals surface area contributed by atoms with Crippen LogP contribution >= 0.6 is 0 Å². The fourth-order valence-electron chi connectivity index (χ4n) is 0.369. The summed E-state index contributed by atoms with van der Waals surface area (Å²) in [5.41, 5.74) is 0. The molecule has 0 bridgehead atoms. The van der Waals surface area contributed by atoms with Gasteiger partial charge in [-0.15, -0.1) is 0 Å². The maximum atomic E-state index is 9.82. The molecule has 0 aromatic carbocycles. The number of methoxy groups -OCH3 is 1. The van der Waals surface area contributed by atoms with E-state index in [-0.39, 0.29) is 5.97 Å². The Hall–Kier alpha value is -1.26. The Labute approximate surface area is 92.4 Å². The van der Waals surface area contributed by atoms with Crippen molar-refractivity contribution < 1.29 is 19.1 Å². The maximum absolute atomic E-state index is 9.82. The van der Waals surface area contributed by atoms with Crippen molar-refractivity contribution in [3.8, 4) is 0 Å². The molecule has 0 aromatic rings. The van der Waals surface area contributed by atoms with Crippen LogP contribution in [0.25, 0.3) is 0 Å². The van der Waals surface area contributed by atoms with Crippen molar-refractivity contribution in [1.29, 1.82) is 0 Å². The fourth-order valence-corrected chi connectivity index (χ4v) is 0.369. The molecule has 5 heteroatoms. The highest BCUT2D eigenvalue weighted by molar-refractivity contribution is 5.72. The van der Waals surface area contributed by atoms with Crippen molar-refractivity contribution in [2.24, 2.45) is 5.16 Å². The lowest BCUT2D eigenvalue weighted by Gasteiger charge is -1.92. The lowest BCUT2D eigenvalue weighted by atomic mass is 10.8. The highest BCUT2D eigenvalue weighted by Gasteiger charge is 1.81. The van der Waals surface area contributed by atoms with Gasteiger partial charge in [-0.2, -0.15) is 0 Å². The molecular formula is C10H23NO4. The average Bonchev–Trinajstić information content (AvgIpc) is 2.22. The molecule has 0 heterocycles. The third-order valence-electron chi connectivity index (χ3n) is 0.863. The van der Waals surface area contributed by atoms with E-state index in [0.29, 0.717) is 12.5 Å². The summed E-state index contributed by atoms with van der Waals surface area (Å²) in [6, 6.07) is 0. The van der Waals surface area contributed by atoms with E-state index in [1.165, 1.54) is 21.1 Å². The van der Waals surface area contributed by atoms with Crippen LogP contribution in [0.2, 0.25) is 0 Å². The quantitative estimate of drug-likeness (QED) is 0.310. The SMILES string of the molecule is CC.CCOC(C)=O.CO/N=C(/C)OC. The van der Waals surface area contributed by atoms with Gasteiger partial charge in [0.15, 0.2) is 0 Å². The first-order valence-corrected chi connectivity index (χ1v) is 4.83. The molecule has 5 nitrogen and oxygen atoms in total. The number of hydrogen-bond acceptors (Lipinski definition) is 5. The van der Waals surface area contributed by atoms with E-state index in [4.69, 9.17) is 0 Å². The number of oxime groups is 1. The van der Waals surface area contributed by atoms with E-state index in [2.05, 4.69) is 19.5 Å². The van der Waals surface area contributed by atoms with Crippen molar-refractivity contribution in [3.05, 3.63) is 0 Å². The Morgan fingerprint density at radius 1 is 1.20 bits per heavy atom. The van der Waals surface area contributed by atoms with Gasteiger partial charge in [-0.05, 0) is 6.92 Å². The van der Waals surface area contributed by atoms with Crippen LogP contribution in [0.4, 0.5) is 0 Å². The normalized spacial score (nSPS) is 8.60. The lowest BCUT2D eigenvalue weighted by Crippen LogP contribution is -1.95. The van der Waals surface area contributed by atoms with E-state index in [9.17, 15) is 4.79 Å². The number of esters is 1. The van der Waals surface area contributed by atoms with Gasteiger partial charge < -0.3 is 14.3 Å². The van der Waals surface area contributed by atoms with Crippen LogP contribution in [0.5, 0.6) is 0 Å². The lowest BCUT2D eigenvalue weighted by molar-refractivity contribution is -0.140. The molecule has 15 heavy (non-hydrogen) atoms. The summed E-state index contributed by atoms with van der Waals surface area (Å²) in [6.45, 7) is 9.36. The first-order chi connectivity index (χ1) is 7.08. The molecule has 0 aliphatic rings. The Kier molecular flexibility index (Phi) is 23.9. The van der Waals surface area contributed by atoms with E-state index in [1.54, 1.807) is 13.8 Å². The predicted molar refractivity (Wildman–Crippen MR) is 60.8 cm³/mol. The van der Waals surface area contributed by atoms with Crippen molar-refractivity contribution in [3.63, 3.8) is 0 Å². The predicted octanol–water partition coefficient (Wildman–Crippen LogP) is 2.21. The number of carbonyl (C=O) groups is 1. The second-order valence-corrected chi connectivity index (χ2v) is 1.92. The maximum Gasteiger partial charge on any atom is 0.302 e. The van der Waals surface area contributed by atoms with Gasteiger partial charge in [-0.25, -0.2) is 0 Å². The van der Waals surface area contributed by atoms with Crippen LogP contribution < -0.4 is 0 Å². The molecule has 0 atom stereocenters. The van der Waals surface area contributed by atoms with Crippen molar-refractivity contribution in [2.45, 2.75) is 34.6 Å². The topological polar surface area (TPSA) is 57.1 Å². The van der Waals surface area contributed by atoms with Crippen LogP contribution in [-0.4, -0.2) is 32.7 Å². The van der Waals surface area contributed by atoms with Crippen LogP contribution in [0.1, 0.15) is 34.6 Å². The summed E-state index contributed by atoms with van der Waals surface area (Å²) < 4.78 is 9.02. The molecule has 92 valence electrons. The van der Waals surface area contributed by atoms with Crippen molar-refractivity contribution >= 4 is 11.9 Å². The van der Waals surface area contributed by atoms with Gasteiger partial charge in [0.25, 0.3) is 0 Å². The van der Waals surface area contributed by atoms with Gasteiger partial charge in [-0.1, -0.05) is 19.0 Å². The third-order valence-corrected chi connectivity index (χ3v) is 0.863.